The molecule has 2 aromatic rings. The van der Waals surface area contributed by atoms with E-state index < -0.39 is 12.1 Å². The summed E-state index contributed by atoms with van der Waals surface area (Å²) >= 11 is 0. The van der Waals surface area contributed by atoms with Crippen LogP contribution >= 0.6 is 0 Å². The lowest BCUT2D eigenvalue weighted by Crippen LogP contribution is -2.23. The first-order valence-electron chi connectivity index (χ1n) is 6.12. The molecule has 1 heterocycles. The predicted octanol–water partition coefficient (Wildman–Crippen LogP) is 1.52. The van der Waals surface area contributed by atoms with E-state index in [0.29, 0.717) is 12.4 Å². The molecule has 0 fully saturated rings. The molecule has 0 radical (unpaired) electrons. The summed E-state index contributed by atoms with van der Waals surface area (Å²) < 4.78 is 10.5. The van der Waals surface area contributed by atoms with Crippen LogP contribution in [0.2, 0.25) is 0 Å². The smallest absolute Gasteiger partial charge is 0.246 e. The van der Waals surface area contributed by atoms with Crippen LogP contribution in [0.4, 0.5) is 0 Å². The molecule has 3 N–H and O–H groups in total. The number of benzene rings is 1. The molecule has 0 unspecified atom stereocenters. The monoisotopic (exact) mass is 263 g/mol. The topological polar surface area (TPSA) is 94.4 Å². The molecule has 1 aromatic carbocycles. The average molecular weight is 263 g/mol. The van der Waals surface area contributed by atoms with Crippen molar-refractivity contribution in [2.45, 2.75) is 26.0 Å². The molecule has 0 saturated carbocycles. The standard InChI is InChI=1S/C13H17N3O3/c1-3-18-10-6-4-5-9(7-10)12-15-13(19-16-12)11(14)8(2)17/h4-8,11,17H,3,14H2,1-2H3/t8-,11+/m1/s1. The van der Waals surface area contributed by atoms with Gasteiger partial charge in [-0.15, -0.1) is 0 Å². The molecular weight excluding hydrogens is 246 g/mol. The van der Waals surface area contributed by atoms with Crippen LogP contribution < -0.4 is 10.5 Å². The van der Waals surface area contributed by atoms with Gasteiger partial charge in [0.15, 0.2) is 0 Å². The normalized spacial score (nSPS) is 14.1. The highest BCUT2D eigenvalue weighted by Gasteiger charge is 2.20. The lowest BCUT2D eigenvalue weighted by molar-refractivity contribution is 0.146. The molecule has 0 aliphatic carbocycles. The van der Waals surface area contributed by atoms with Crippen LogP contribution in [-0.4, -0.2) is 28.0 Å². The van der Waals surface area contributed by atoms with Gasteiger partial charge in [0, 0.05) is 5.56 Å². The number of nitrogens with two attached hydrogens (primary N) is 1. The summed E-state index contributed by atoms with van der Waals surface area (Å²) in [6.45, 7) is 4.08. The number of ether oxygens (including phenoxy) is 1. The van der Waals surface area contributed by atoms with Crippen LogP contribution in [0.5, 0.6) is 5.75 Å². The van der Waals surface area contributed by atoms with E-state index in [1.54, 1.807) is 6.92 Å². The fourth-order valence-electron chi connectivity index (χ4n) is 1.59. The molecule has 0 aliphatic heterocycles. The Bertz CT molecular complexity index is 539. The van der Waals surface area contributed by atoms with Gasteiger partial charge in [0.2, 0.25) is 11.7 Å². The maximum atomic E-state index is 9.40. The molecular formula is C13H17N3O3. The molecule has 1 aromatic heterocycles. The molecule has 6 nitrogen and oxygen atoms in total. The number of rotatable bonds is 5. The maximum Gasteiger partial charge on any atom is 0.246 e. The number of hydrogen-bond acceptors (Lipinski definition) is 6. The van der Waals surface area contributed by atoms with E-state index in [2.05, 4.69) is 10.1 Å². The van der Waals surface area contributed by atoms with Gasteiger partial charge in [0.25, 0.3) is 0 Å². The molecule has 0 bridgehead atoms. The number of hydrogen-bond donors (Lipinski definition) is 2. The largest absolute Gasteiger partial charge is 0.494 e. The quantitative estimate of drug-likeness (QED) is 0.849. The first-order valence-corrected chi connectivity index (χ1v) is 6.12. The van der Waals surface area contributed by atoms with Crippen LogP contribution in [0.15, 0.2) is 28.8 Å². The van der Waals surface area contributed by atoms with E-state index in [4.69, 9.17) is 15.0 Å². The summed E-state index contributed by atoms with van der Waals surface area (Å²) in [6.07, 6.45) is -0.747. The van der Waals surface area contributed by atoms with Gasteiger partial charge in [-0.3, -0.25) is 0 Å². The Kier molecular flexibility index (Phi) is 4.13. The lowest BCUT2D eigenvalue weighted by Gasteiger charge is -2.08. The zero-order valence-corrected chi connectivity index (χ0v) is 10.9. The average Bonchev–Trinajstić information content (AvgIpc) is 2.88. The van der Waals surface area contributed by atoms with E-state index in [1.807, 2.05) is 31.2 Å². The minimum Gasteiger partial charge on any atom is -0.494 e. The maximum absolute atomic E-state index is 9.40. The van der Waals surface area contributed by atoms with Gasteiger partial charge in [-0.05, 0) is 26.0 Å². The number of aromatic nitrogens is 2. The molecule has 0 amide bonds. The third-order valence-corrected chi connectivity index (χ3v) is 2.65. The molecule has 102 valence electrons. The number of aliphatic hydroxyl groups is 1. The lowest BCUT2D eigenvalue weighted by atomic mass is 10.2. The van der Waals surface area contributed by atoms with Crippen LogP contribution in [-0.2, 0) is 0 Å². The van der Waals surface area contributed by atoms with Crippen molar-refractivity contribution in [1.82, 2.24) is 10.1 Å². The molecule has 2 atom stereocenters. The van der Waals surface area contributed by atoms with Gasteiger partial charge in [0.05, 0.1) is 12.7 Å². The Balaban J connectivity index is 2.25. The van der Waals surface area contributed by atoms with Gasteiger partial charge in [-0.2, -0.15) is 4.98 Å². The van der Waals surface area contributed by atoms with Crippen LogP contribution in [0.1, 0.15) is 25.8 Å². The number of nitrogens with zero attached hydrogens (tertiary/aromatic N) is 2. The Hall–Kier alpha value is -1.92. The highest BCUT2D eigenvalue weighted by Crippen LogP contribution is 2.23. The zero-order chi connectivity index (χ0) is 13.8. The molecule has 2 rings (SSSR count). The summed E-state index contributed by atoms with van der Waals surface area (Å²) in [5.41, 5.74) is 6.51. The van der Waals surface area contributed by atoms with Crippen molar-refractivity contribution in [3.05, 3.63) is 30.2 Å². The van der Waals surface area contributed by atoms with Gasteiger partial charge < -0.3 is 20.1 Å². The second-order valence-corrected chi connectivity index (χ2v) is 4.18. The SMILES string of the molecule is CCOc1cccc(-c2noc([C@@H](N)[C@@H](C)O)n2)c1. The van der Waals surface area contributed by atoms with Gasteiger partial charge >= 0.3 is 0 Å². The van der Waals surface area contributed by atoms with Crippen molar-refractivity contribution in [2.24, 2.45) is 5.73 Å². The van der Waals surface area contributed by atoms with Crippen molar-refractivity contribution in [1.29, 1.82) is 0 Å². The molecule has 0 aliphatic rings. The zero-order valence-electron chi connectivity index (χ0n) is 10.9. The summed E-state index contributed by atoms with van der Waals surface area (Å²) in [7, 11) is 0. The van der Waals surface area contributed by atoms with Crippen molar-refractivity contribution in [2.75, 3.05) is 6.61 Å². The number of aliphatic hydroxyl groups excluding tert-OH is 1. The Morgan fingerprint density at radius 1 is 1.47 bits per heavy atom. The molecule has 6 heteroatoms. The van der Waals surface area contributed by atoms with E-state index in [1.165, 1.54) is 0 Å². The molecule has 0 saturated heterocycles. The highest BCUT2D eigenvalue weighted by atomic mass is 16.5. The second kappa shape index (κ2) is 5.81. The first-order chi connectivity index (χ1) is 9.11. The summed E-state index contributed by atoms with van der Waals surface area (Å²) in [6, 6.07) is 6.70. The van der Waals surface area contributed by atoms with Gasteiger partial charge in [-0.1, -0.05) is 17.3 Å². The highest BCUT2D eigenvalue weighted by molar-refractivity contribution is 5.56. The fraction of sp³-hybridized carbons (Fsp3) is 0.385. The van der Waals surface area contributed by atoms with Crippen molar-refractivity contribution < 1.29 is 14.4 Å². The second-order valence-electron chi connectivity index (χ2n) is 4.18. The summed E-state index contributed by atoms with van der Waals surface area (Å²) in [5.74, 6) is 1.38. The van der Waals surface area contributed by atoms with Crippen molar-refractivity contribution >= 4 is 0 Å². The van der Waals surface area contributed by atoms with E-state index in [9.17, 15) is 5.11 Å². The van der Waals surface area contributed by atoms with Gasteiger partial charge in [-0.25, -0.2) is 0 Å². The van der Waals surface area contributed by atoms with Crippen molar-refractivity contribution in [3.8, 4) is 17.1 Å². The summed E-state index contributed by atoms with van der Waals surface area (Å²) in [5, 5.41) is 13.3. The van der Waals surface area contributed by atoms with E-state index >= 15 is 0 Å². The Labute approximate surface area is 111 Å². The first kappa shape index (κ1) is 13.5. The van der Waals surface area contributed by atoms with E-state index in [0.717, 1.165) is 11.3 Å². The molecule has 19 heavy (non-hydrogen) atoms. The summed E-state index contributed by atoms with van der Waals surface area (Å²) in [4.78, 5) is 4.18. The Morgan fingerprint density at radius 2 is 2.26 bits per heavy atom. The van der Waals surface area contributed by atoms with E-state index in [-0.39, 0.29) is 5.89 Å². The van der Waals surface area contributed by atoms with Crippen LogP contribution in [0.25, 0.3) is 11.4 Å². The van der Waals surface area contributed by atoms with Crippen LogP contribution in [0.3, 0.4) is 0 Å². The van der Waals surface area contributed by atoms with Crippen molar-refractivity contribution in [3.63, 3.8) is 0 Å². The Morgan fingerprint density at radius 3 is 2.95 bits per heavy atom. The third-order valence-electron chi connectivity index (χ3n) is 2.65. The minimum absolute atomic E-state index is 0.215. The minimum atomic E-state index is -0.747. The third kappa shape index (κ3) is 3.10. The van der Waals surface area contributed by atoms with Gasteiger partial charge in [0.1, 0.15) is 11.8 Å². The van der Waals surface area contributed by atoms with Crippen LogP contribution in [0, 0.1) is 0 Å². The fourth-order valence-corrected chi connectivity index (χ4v) is 1.59. The molecule has 0 spiro atoms. The predicted molar refractivity (Wildman–Crippen MR) is 69.5 cm³/mol.